The zero-order valence-electron chi connectivity index (χ0n) is 7.58. The maximum atomic E-state index is 6.04. The summed E-state index contributed by atoms with van der Waals surface area (Å²) in [7, 11) is 0. The number of nitrogens with zero attached hydrogens (tertiary/aromatic N) is 2. The van der Waals surface area contributed by atoms with Gasteiger partial charge in [0, 0.05) is 16.3 Å². The molecule has 0 aliphatic carbocycles. The van der Waals surface area contributed by atoms with E-state index in [0.29, 0.717) is 21.0 Å². The standard InChI is InChI=1S/C9H7Cl2N3S/c10-5-1-2-6(7(11)3-5)8-4-15-9(12)14-13-8/h1-3H,4H2,(H2,12,14). The molecule has 3 nitrogen and oxygen atoms in total. The van der Waals surface area contributed by atoms with Crippen LogP contribution in [0.15, 0.2) is 28.4 Å². The van der Waals surface area contributed by atoms with Crippen molar-refractivity contribution in [1.29, 1.82) is 0 Å². The number of benzene rings is 1. The molecule has 0 atom stereocenters. The van der Waals surface area contributed by atoms with Gasteiger partial charge < -0.3 is 5.73 Å². The van der Waals surface area contributed by atoms with Crippen molar-refractivity contribution < 1.29 is 0 Å². The molecular formula is C9H7Cl2N3S. The van der Waals surface area contributed by atoms with Crippen LogP contribution in [0.5, 0.6) is 0 Å². The number of hydrogen-bond acceptors (Lipinski definition) is 4. The highest BCUT2D eigenvalue weighted by molar-refractivity contribution is 8.14. The summed E-state index contributed by atoms with van der Waals surface area (Å²) in [6.07, 6.45) is 0. The van der Waals surface area contributed by atoms with E-state index < -0.39 is 0 Å². The van der Waals surface area contributed by atoms with Crippen LogP contribution in [0.3, 0.4) is 0 Å². The molecule has 0 bridgehead atoms. The maximum absolute atomic E-state index is 6.04. The second-order valence-corrected chi connectivity index (χ2v) is 4.74. The van der Waals surface area contributed by atoms with Crippen LogP contribution in [0.2, 0.25) is 10.0 Å². The van der Waals surface area contributed by atoms with E-state index in [1.54, 1.807) is 12.1 Å². The first-order chi connectivity index (χ1) is 7.16. The Morgan fingerprint density at radius 1 is 1.27 bits per heavy atom. The molecular weight excluding hydrogens is 253 g/mol. The molecule has 0 aromatic heterocycles. The fourth-order valence-corrected chi connectivity index (χ4v) is 2.28. The van der Waals surface area contributed by atoms with E-state index in [1.807, 2.05) is 6.07 Å². The predicted octanol–water partition coefficient (Wildman–Crippen LogP) is 2.76. The Kier molecular flexibility index (Phi) is 3.19. The van der Waals surface area contributed by atoms with Crippen molar-refractivity contribution in [1.82, 2.24) is 0 Å². The predicted molar refractivity (Wildman–Crippen MR) is 67.1 cm³/mol. The van der Waals surface area contributed by atoms with Gasteiger partial charge in [0.25, 0.3) is 0 Å². The van der Waals surface area contributed by atoms with Crippen molar-refractivity contribution in [2.24, 2.45) is 15.9 Å². The van der Waals surface area contributed by atoms with Gasteiger partial charge in [-0.25, -0.2) is 0 Å². The summed E-state index contributed by atoms with van der Waals surface area (Å²) in [5, 5.41) is 9.47. The third kappa shape index (κ3) is 2.45. The highest BCUT2D eigenvalue weighted by Gasteiger charge is 2.13. The van der Waals surface area contributed by atoms with Crippen LogP contribution >= 0.6 is 35.0 Å². The van der Waals surface area contributed by atoms with E-state index in [-0.39, 0.29) is 0 Å². The number of rotatable bonds is 1. The normalized spacial score (nSPS) is 15.9. The molecule has 2 rings (SSSR count). The van der Waals surface area contributed by atoms with Crippen molar-refractivity contribution in [3.8, 4) is 0 Å². The lowest BCUT2D eigenvalue weighted by molar-refractivity contribution is 1.22. The second-order valence-electron chi connectivity index (χ2n) is 2.90. The first-order valence-electron chi connectivity index (χ1n) is 4.15. The van der Waals surface area contributed by atoms with Gasteiger partial charge in [0.2, 0.25) is 0 Å². The number of thioether (sulfide) groups is 1. The van der Waals surface area contributed by atoms with Crippen LogP contribution in [-0.2, 0) is 0 Å². The van der Waals surface area contributed by atoms with Crippen LogP contribution in [-0.4, -0.2) is 16.6 Å². The Balaban J connectivity index is 2.38. The van der Waals surface area contributed by atoms with Gasteiger partial charge >= 0.3 is 0 Å². The molecule has 1 aromatic carbocycles. The quantitative estimate of drug-likeness (QED) is 0.844. The topological polar surface area (TPSA) is 50.7 Å². The Morgan fingerprint density at radius 3 is 2.67 bits per heavy atom. The molecule has 0 unspecified atom stereocenters. The third-order valence-electron chi connectivity index (χ3n) is 1.87. The first-order valence-corrected chi connectivity index (χ1v) is 5.89. The summed E-state index contributed by atoms with van der Waals surface area (Å²) in [6, 6.07) is 5.30. The number of halogens is 2. The van der Waals surface area contributed by atoms with Gasteiger partial charge in [-0.1, -0.05) is 41.0 Å². The number of amidine groups is 1. The van der Waals surface area contributed by atoms with Gasteiger partial charge in [-0.15, -0.1) is 5.10 Å². The van der Waals surface area contributed by atoms with Crippen LogP contribution < -0.4 is 5.73 Å². The van der Waals surface area contributed by atoms with E-state index in [1.165, 1.54) is 11.8 Å². The Hall–Kier alpha value is -0.710. The molecule has 6 heteroatoms. The van der Waals surface area contributed by atoms with Gasteiger partial charge in [0.15, 0.2) is 5.17 Å². The molecule has 0 fully saturated rings. The molecule has 1 aliphatic rings. The van der Waals surface area contributed by atoms with Crippen LogP contribution in [0, 0.1) is 0 Å². The highest BCUT2D eigenvalue weighted by Crippen LogP contribution is 2.24. The van der Waals surface area contributed by atoms with Crippen molar-refractivity contribution in [2.45, 2.75) is 0 Å². The van der Waals surface area contributed by atoms with E-state index in [9.17, 15) is 0 Å². The smallest absolute Gasteiger partial charge is 0.180 e. The summed E-state index contributed by atoms with van der Waals surface area (Å²) >= 11 is 13.3. The van der Waals surface area contributed by atoms with E-state index in [0.717, 1.165) is 11.3 Å². The molecule has 2 N–H and O–H groups in total. The molecule has 1 aliphatic heterocycles. The minimum Gasteiger partial charge on any atom is -0.377 e. The van der Waals surface area contributed by atoms with Crippen molar-refractivity contribution in [3.63, 3.8) is 0 Å². The zero-order chi connectivity index (χ0) is 10.8. The molecule has 1 aromatic rings. The SMILES string of the molecule is NC1=NN=C(c2ccc(Cl)cc2Cl)CS1. The molecule has 15 heavy (non-hydrogen) atoms. The van der Waals surface area contributed by atoms with Crippen molar-refractivity contribution in [2.75, 3.05) is 5.75 Å². The first kappa shape index (κ1) is 10.8. The molecule has 0 saturated heterocycles. The third-order valence-corrected chi connectivity index (χ3v) is 3.21. The Morgan fingerprint density at radius 2 is 2.07 bits per heavy atom. The molecule has 0 radical (unpaired) electrons. The van der Waals surface area contributed by atoms with Gasteiger partial charge in [0.05, 0.1) is 10.7 Å². The lowest BCUT2D eigenvalue weighted by Gasteiger charge is -2.10. The van der Waals surface area contributed by atoms with E-state index in [4.69, 9.17) is 28.9 Å². The van der Waals surface area contributed by atoms with Crippen LogP contribution in [0.4, 0.5) is 0 Å². The lowest BCUT2D eigenvalue weighted by Crippen LogP contribution is -2.16. The summed E-state index contributed by atoms with van der Waals surface area (Å²) in [5.41, 5.74) is 7.16. The van der Waals surface area contributed by atoms with Gasteiger partial charge in [-0.3, -0.25) is 0 Å². The largest absolute Gasteiger partial charge is 0.377 e. The number of hydrogen-bond donors (Lipinski definition) is 1. The van der Waals surface area contributed by atoms with E-state index >= 15 is 0 Å². The number of nitrogens with two attached hydrogens (primary N) is 1. The Bertz CT molecular complexity index is 457. The minimum atomic E-state index is 0.476. The maximum Gasteiger partial charge on any atom is 0.180 e. The summed E-state index contributed by atoms with van der Waals surface area (Å²) in [4.78, 5) is 0. The Labute approximate surface area is 101 Å². The fourth-order valence-electron chi connectivity index (χ4n) is 1.16. The molecule has 0 spiro atoms. The van der Waals surface area contributed by atoms with Gasteiger partial charge in [-0.05, 0) is 12.1 Å². The molecule has 0 saturated carbocycles. The second kappa shape index (κ2) is 4.43. The zero-order valence-corrected chi connectivity index (χ0v) is 9.90. The summed E-state index contributed by atoms with van der Waals surface area (Å²) < 4.78 is 0. The van der Waals surface area contributed by atoms with Crippen LogP contribution in [0.25, 0.3) is 0 Å². The van der Waals surface area contributed by atoms with Crippen LogP contribution in [0.1, 0.15) is 5.56 Å². The summed E-state index contributed by atoms with van der Waals surface area (Å²) in [5.74, 6) is 0.677. The van der Waals surface area contributed by atoms with E-state index in [2.05, 4.69) is 10.2 Å². The van der Waals surface area contributed by atoms with Gasteiger partial charge in [-0.2, -0.15) is 5.10 Å². The molecule has 1 heterocycles. The van der Waals surface area contributed by atoms with Gasteiger partial charge in [0.1, 0.15) is 0 Å². The average Bonchev–Trinajstić information content (AvgIpc) is 2.20. The van der Waals surface area contributed by atoms with Crippen molar-refractivity contribution in [3.05, 3.63) is 33.8 Å². The lowest BCUT2D eigenvalue weighted by atomic mass is 10.1. The van der Waals surface area contributed by atoms with Crippen molar-refractivity contribution >= 4 is 45.8 Å². The molecule has 0 amide bonds. The average molecular weight is 260 g/mol. The molecule has 78 valence electrons. The summed E-state index contributed by atoms with van der Waals surface area (Å²) in [6.45, 7) is 0. The fraction of sp³-hybridized carbons (Fsp3) is 0.111. The monoisotopic (exact) mass is 259 g/mol. The highest BCUT2D eigenvalue weighted by atomic mass is 35.5. The minimum absolute atomic E-state index is 0.476.